The third kappa shape index (κ3) is 3.44. The van der Waals surface area contributed by atoms with Crippen LogP contribution in [0.5, 0.6) is 0 Å². The van der Waals surface area contributed by atoms with Crippen LogP contribution in [0.15, 0.2) is 53.0 Å². The molecule has 94 valence electrons. The van der Waals surface area contributed by atoms with E-state index in [1.165, 1.54) is 16.7 Å². The summed E-state index contributed by atoms with van der Waals surface area (Å²) in [5.74, 6) is 0. The van der Waals surface area contributed by atoms with E-state index in [0.29, 0.717) is 6.04 Å². The molecule has 0 aromatic heterocycles. The van der Waals surface area contributed by atoms with E-state index in [4.69, 9.17) is 0 Å². The Balaban J connectivity index is 2.14. The van der Waals surface area contributed by atoms with Gasteiger partial charge < -0.3 is 5.32 Å². The molecule has 0 heterocycles. The van der Waals surface area contributed by atoms with Gasteiger partial charge in [0.05, 0.1) is 0 Å². The number of likely N-dealkylation sites (N-methyl/N-ethyl adjacent to an activating group) is 1. The van der Waals surface area contributed by atoms with Crippen LogP contribution in [-0.2, 0) is 6.42 Å². The fourth-order valence-corrected chi connectivity index (χ4v) is 2.31. The molecule has 18 heavy (non-hydrogen) atoms. The number of halogens is 1. The summed E-state index contributed by atoms with van der Waals surface area (Å²) in [6.07, 6.45) is 1.01. The number of nitrogens with one attached hydrogen (secondary N) is 1. The lowest BCUT2D eigenvalue weighted by Crippen LogP contribution is -2.18. The summed E-state index contributed by atoms with van der Waals surface area (Å²) in [5, 5.41) is 3.39. The lowest BCUT2D eigenvalue weighted by molar-refractivity contribution is 0.592. The number of benzene rings is 2. The van der Waals surface area contributed by atoms with Gasteiger partial charge in [0.1, 0.15) is 0 Å². The minimum atomic E-state index is 0.362. The van der Waals surface area contributed by atoms with Gasteiger partial charge in [-0.2, -0.15) is 0 Å². The molecule has 2 heteroatoms. The van der Waals surface area contributed by atoms with Crippen molar-refractivity contribution in [2.24, 2.45) is 0 Å². The topological polar surface area (TPSA) is 12.0 Å². The lowest BCUT2D eigenvalue weighted by atomic mass is 9.98. The third-order valence-electron chi connectivity index (χ3n) is 3.18. The van der Waals surface area contributed by atoms with Gasteiger partial charge in [0.15, 0.2) is 0 Å². The second-order valence-corrected chi connectivity index (χ2v) is 5.50. The molecular formula is C16H18BrN. The Kier molecular flexibility index (Phi) is 4.56. The quantitative estimate of drug-likeness (QED) is 0.890. The molecule has 0 amide bonds. The summed E-state index contributed by atoms with van der Waals surface area (Å²) in [6.45, 7) is 2.12. The van der Waals surface area contributed by atoms with E-state index in [1.807, 2.05) is 7.05 Å². The average Bonchev–Trinajstić information content (AvgIpc) is 2.39. The molecule has 0 aliphatic carbocycles. The van der Waals surface area contributed by atoms with Crippen LogP contribution < -0.4 is 5.32 Å². The normalized spacial score (nSPS) is 12.4. The Morgan fingerprint density at radius 1 is 1.00 bits per heavy atom. The van der Waals surface area contributed by atoms with Crippen LogP contribution in [0.4, 0.5) is 0 Å². The first-order valence-corrected chi connectivity index (χ1v) is 6.96. The maximum atomic E-state index is 3.47. The van der Waals surface area contributed by atoms with Crippen LogP contribution in [0, 0.1) is 6.92 Å². The van der Waals surface area contributed by atoms with Crippen LogP contribution in [0.3, 0.4) is 0 Å². The second kappa shape index (κ2) is 6.17. The van der Waals surface area contributed by atoms with Gasteiger partial charge in [0, 0.05) is 10.5 Å². The van der Waals surface area contributed by atoms with E-state index in [9.17, 15) is 0 Å². The van der Waals surface area contributed by atoms with E-state index in [1.54, 1.807) is 0 Å². The number of rotatable bonds is 4. The van der Waals surface area contributed by atoms with Crippen LogP contribution in [0.25, 0.3) is 0 Å². The van der Waals surface area contributed by atoms with Crippen molar-refractivity contribution in [1.82, 2.24) is 5.32 Å². The smallest absolute Gasteiger partial charge is 0.0358 e. The lowest BCUT2D eigenvalue weighted by Gasteiger charge is -2.17. The maximum absolute atomic E-state index is 3.47. The molecule has 0 bridgehead atoms. The van der Waals surface area contributed by atoms with Gasteiger partial charge >= 0.3 is 0 Å². The summed E-state index contributed by atoms with van der Waals surface area (Å²) < 4.78 is 1.12. The van der Waals surface area contributed by atoms with Gasteiger partial charge in [-0.05, 0) is 43.7 Å². The van der Waals surface area contributed by atoms with Crippen molar-refractivity contribution in [1.29, 1.82) is 0 Å². The highest BCUT2D eigenvalue weighted by molar-refractivity contribution is 9.10. The van der Waals surface area contributed by atoms with E-state index >= 15 is 0 Å². The predicted octanol–water partition coefficient (Wildman–Crippen LogP) is 4.26. The first-order valence-electron chi connectivity index (χ1n) is 6.17. The zero-order valence-corrected chi connectivity index (χ0v) is 12.4. The van der Waals surface area contributed by atoms with E-state index in [2.05, 4.69) is 76.7 Å². The van der Waals surface area contributed by atoms with Crippen molar-refractivity contribution in [2.45, 2.75) is 19.4 Å². The Labute approximate surface area is 117 Å². The first-order chi connectivity index (χ1) is 8.69. The molecule has 1 N–H and O–H groups in total. The highest BCUT2D eigenvalue weighted by Crippen LogP contribution is 2.20. The standard InChI is InChI=1S/C16H18BrN/c1-12-3-5-13(6-4-12)11-16(18-2)14-7-9-15(17)10-8-14/h3-10,16,18H,11H2,1-2H3. The molecule has 1 nitrogen and oxygen atoms in total. The summed E-state index contributed by atoms with van der Waals surface area (Å²) in [7, 11) is 2.01. The monoisotopic (exact) mass is 303 g/mol. The molecule has 0 aliphatic heterocycles. The van der Waals surface area contributed by atoms with Crippen LogP contribution >= 0.6 is 15.9 Å². The average molecular weight is 304 g/mol. The Bertz CT molecular complexity index is 488. The minimum absolute atomic E-state index is 0.362. The molecule has 2 rings (SSSR count). The highest BCUT2D eigenvalue weighted by Gasteiger charge is 2.09. The fraction of sp³-hybridized carbons (Fsp3) is 0.250. The van der Waals surface area contributed by atoms with Crippen LogP contribution in [0.1, 0.15) is 22.7 Å². The van der Waals surface area contributed by atoms with Crippen molar-refractivity contribution in [3.63, 3.8) is 0 Å². The van der Waals surface area contributed by atoms with Crippen molar-refractivity contribution in [3.8, 4) is 0 Å². The zero-order valence-electron chi connectivity index (χ0n) is 10.8. The third-order valence-corrected chi connectivity index (χ3v) is 3.71. The molecule has 0 saturated carbocycles. The largest absolute Gasteiger partial charge is 0.313 e. The zero-order chi connectivity index (χ0) is 13.0. The molecule has 0 fully saturated rings. The molecule has 2 aromatic carbocycles. The van der Waals surface area contributed by atoms with E-state index in [0.717, 1.165) is 10.9 Å². The van der Waals surface area contributed by atoms with Gasteiger partial charge in [-0.3, -0.25) is 0 Å². The molecule has 0 aliphatic rings. The second-order valence-electron chi connectivity index (χ2n) is 4.58. The molecule has 0 saturated heterocycles. The van der Waals surface area contributed by atoms with Gasteiger partial charge in [-0.25, -0.2) is 0 Å². The summed E-state index contributed by atoms with van der Waals surface area (Å²) in [6, 6.07) is 17.6. The number of hydrogen-bond acceptors (Lipinski definition) is 1. The van der Waals surface area contributed by atoms with Crippen molar-refractivity contribution in [3.05, 3.63) is 69.7 Å². The van der Waals surface area contributed by atoms with Crippen molar-refractivity contribution in [2.75, 3.05) is 7.05 Å². The molecule has 1 unspecified atom stereocenters. The van der Waals surface area contributed by atoms with Crippen molar-refractivity contribution < 1.29 is 0 Å². The molecule has 0 radical (unpaired) electrons. The minimum Gasteiger partial charge on any atom is -0.313 e. The number of hydrogen-bond donors (Lipinski definition) is 1. The predicted molar refractivity (Wildman–Crippen MR) is 80.8 cm³/mol. The summed E-state index contributed by atoms with van der Waals surface area (Å²) in [5.41, 5.74) is 3.99. The van der Waals surface area contributed by atoms with Crippen LogP contribution in [0.2, 0.25) is 0 Å². The molecular weight excluding hydrogens is 286 g/mol. The van der Waals surface area contributed by atoms with Gasteiger partial charge in [-0.15, -0.1) is 0 Å². The van der Waals surface area contributed by atoms with Gasteiger partial charge in [0.25, 0.3) is 0 Å². The summed E-state index contributed by atoms with van der Waals surface area (Å²) in [4.78, 5) is 0. The van der Waals surface area contributed by atoms with Crippen LogP contribution in [-0.4, -0.2) is 7.05 Å². The van der Waals surface area contributed by atoms with Gasteiger partial charge in [-0.1, -0.05) is 57.9 Å². The summed E-state index contributed by atoms with van der Waals surface area (Å²) >= 11 is 3.47. The molecule has 0 spiro atoms. The Morgan fingerprint density at radius 3 is 2.17 bits per heavy atom. The first kappa shape index (κ1) is 13.3. The SMILES string of the molecule is CNC(Cc1ccc(C)cc1)c1ccc(Br)cc1. The fourth-order valence-electron chi connectivity index (χ4n) is 2.04. The van der Waals surface area contributed by atoms with Gasteiger partial charge in [0.2, 0.25) is 0 Å². The molecule has 2 aromatic rings. The highest BCUT2D eigenvalue weighted by atomic mass is 79.9. The van der Waals surface area contributed by atoms with Crippen molar-refractivity contribution >= 4 is 15.9 Å². The number of aryl methyl sites for hydroxylation is 1. The Hall–Kier alpha value is -1.12. The van der Waals surface area contributed by atoms with E-state index in [-0.39, 0.29) is 0 Å². The maximum Gasteiger partial charge on any atom is 0.0358 e. The Morgan fingerprint density at radius 2 is 1.61 bits per heavy atom. The molecule has 1 atom stereocenters. The van der Waals surface area contributed by atoms with E-state index < -0.39 is 0 Å².